The van der Waals surface area contributed by atoms with E-state index in [0.29, 0.717) is 13.0 Å². The average Bonchev–Trinajstić information content (AvgIpc) is 2.58. The third-order valence-corrected chi connectivity index (χ3v) is 4.86. The van der Waals surface area contributed by atoms with E-state index in [1.807, 2.05) is 4.90 Å². The van der Waals surface area contributed by atoms with Gasteiger partial charge in [-0.05, 0) is 6.42 Å². The summed E-state index contributed by atoms with van der Waals surface area (Å²) in [5.74, 6) is 0.201. The van der Waals surface area contributed by atoms with Gasteiger partial charge in [0.15, 0.2) is 9.84 Å². The maximum Gasteiger partial charge on any atom is 0.234 e. The average molecular weight is 248 g/mol. The Morgan fingerprint density at radius 2 is 2.25 bits per heavy atom. The van der Waals surface area contributed by atoms with Gasteiger partial charge < -0.3 is 10.4 Å². The van der Waals surface area contributed by atoms with E-state index >= 15 is 0 Å². The molecule has 0 aromatic carbocycles. The number of aliphatic hydroxyl groups excluding tert-OH is 1. The number of amides is 1. The number of carbonyl (C=O) groups is 1. The van der Waals surface area contributed by atoms with Crippen LogP contribution in [-0.2, 0) is 14.6 Å². The minimum Gasteiger partial charge on any atom is -0.394 e. The van der Waals surface area contributed by atoms with Crippen LogP contribution in [-0.4, -0.2) is 67.6 Å². The van der Waals surface area contributed by atoms with Crippen molar-refractivity contribution in [1.82, 2.24) is 10.2 Å². The van der Waals surface area contributed by atoms with Gasteiger partial charge in [0.2, 0.25) is 5.91 Å². The van der Waals surface area contributed by atoms with Crippen LogP contribution in [0.1, 0.15) is 6.42 Å². The lowest BCUT2D eigenvalue weighted by Crippen LogP contribution is -2.58. The van der Waals surface area contributed by atoms with E-state index in [4.69, 9.17) is 5.11 Å². The fourth-order valence-corrected chi connectivity index (χ4v) is 4.06. The molecule has 16 heavy (non-hydrogen) atoms. The predicted molar refractivity (Wildman–Crippen MR) is 57.6 cm³/mol. The van der Waals surface area contributed by atoms with Gasteiger partial charge in [0.05, 0.1) is 30.7 Å². The Hall–Kier alpha value is -0.660. The zero-order chi connectivity index (χ0) is 11.8. The Morgan fingerprint density at radius 3 is 2.81 bits per heavy atom. The third kappa shape index (κ3) is 2.53. The van der Waals surface area contributed by atoms with Gasteiger partial charge in [0, 0.05) is 12.6 Å². The fraction of sp³-hybridized carbons (Fsp3) is 0.889. The predicted octanol–water partition coefficient (Wildman–Crippen LogP) is -2.03. The van der Waals surface area contributed by atoms with Crippen LogP contribution < -0.4 is 5.32 Å². The van der Waals surface area contributed by atoms with Crippen LogP contribution in [0.3, 0.4) is 0 Å². The van der Waals surface area contributed by atoms with Gasteiger partial charge in [0.25, 0.3) is 0 Å². The summed E-state index contributed by atoms with van der Waals surface area (Å²) in [4.78, 5) is 13.2. The van der Waals surface area contributed by atoms with Gasteiger partial charge in [-0.1, -0.05) is 0 Å². The second-order valence-electron chi connectivity index (χ2n) is 4.43. The Balaban J connectivity index is 2.02. The summed E-state index contributed by atoms with van der Waals surface area (Å²) < 4.78 is 22.7. The molecule has 6 nitrogen and oxygen atoms in total. The van der Waals surface area contributed by atoms with Crippen LogP contribution in [0.15, 0.2) is 0 Å². The number of carbonyl (C=O) groups excluding carboxylic acids is 1. The van der Waals surface area contributed by atoms with Crippen molar-refractivity contribution in [2.75, 3.05) is 31.2 Å². The molecule has 0 aromatic heterocycles. The quantitative estimate of drug-likeness (QED) is 0.588. The minimum absolute atomic E-state index is 0.0647. The van der Waals surface area contributed by atoms with E-state index in [2.05, 4.69) is 5.32 Å². The highest BCUT2D eigenvalue weighted by molar-refractivity contribution is 7.91. The lowest BCUT2D eigenvalue weighted by atomic mass is 10.1. The molecule has 2 fully saturated rings. The molecule has 2 unspecified atom stereocenters. The zero-order valence-corrected chi connectivity index (χ0v) is 9.74. The molecule has 2 N–H and O–H groups in total. The lowest BCUT2D eigenvalue weighted by molar-refractivity contribution is -0.126. The molecule has 2 rings (SSSR count). The molecular formula is C9H16N2O4S. The van der Waals surface area contributed by atoms with Gasteiger partial charge in [-0.3, -0.25) is 9.69 Å². The van der Waals surface area contributed by atoms with E-state index in [0.717, 1.165) is 0 Å². The molecular weight excluding hydrogens is 232 g/mol. The molecule has 0 bridgehead atoms. The van der Waals surface area contributed by atoms with Crippen LogP contribution in [0.2, 0.25) is 0 Å². The Labute approximate surface area is 94.5 Å². The molecule has 2 atom stereocenters. The van der Waals surface area contributed by atoms with Crippen molar-refractivity contribution in [3.05, 3.63) is 0 Å². The maximum atomic E-state index is 11.3. The lowest BCUT2D eigenvalue weighted by Gasteiger charge is -2.35. The molecule has 2 aliphatic heterocycles. The molecule has 0 aromatic rings. The molecule has 7 heteroatoms. The van der Waals surface area contributed by atoms with Crippen LogP contribution in [0, 0.1) is 0 Å². The number of nitrogens with zero attached hydrogens (tertiary/aromatic N) is 1. The van der Waals surface area contributed by atoms with Crippen molar-refractivity contribution in [2.45, 2.75) is 18.5 Å². The molecule has 1 amide bonds. The van der Waals surface area contributed by atoms with Gasteiger partial charge in [-0.25, -0.2) is 8.42 Å². The highest BCUT2D eigenvalue weighted by atomic mass is 32.2. The molecule has 0 spiro atoms. The van der Waals surface area contributed by atoms with Crippen molar-refractivity contribution in [3.63, 3.8) is 0 Å². The summed E-state index contributed by atoms with van der Waals surface area (Å²) in [6.07, 6.45) is 0.591. The standard InChI is InChI=1S/C9H16N2O4S/c12-5-7-3-11(4-9(13)10-7)8-1-2-16(14,15)6-8/h7-8,12H,1-6H2,(H,10,13). The highest BCUT2D eigenvalue weighted by Gasteiger charge is 2.36. The van der Waals surface area contributed by atoms with E-state index in [1.54, 1.807) is 0 Å². The Bertz CT molecular complexity index is 381. The number of sulfone groups is 1. The largest absolute Gasteiger partial charge is 0.394 e. The summed E-state index contributed by atoms with van der Waals surface area (Å²) in [5, 5.41) is 11.7. The highest BCUT2D eigenvalue weighted by Crippen LogP contribution is 2.19. The second-order valence-corrected chi connectivity index (χ2v) is 6.66. The SMILES string of the molecule is O=C1CN(C2CCS(=O)(=O)C2)CC(CO)N1. The van der Waals surface area contributed by atoms with Gasteiger partial charge >= 0.3 is 0 Å². The first-order chi connectivity index (χ1) is 7.50. The normalized spacial score (nSPS) is 34.9. The van der Waals surface area contributed by atoms with Crippen LogP contribution in [0.5, 0.6) is 0 Å². The zero-order valence-electron chi connectivity index (χ0n) is 8.92. The van der Waals surface area contributed by atoms with E-state index in [-0.39, 0.29) is 42.6 Å². The van der Waals surface area contributed by atoms with Gasteiger partial charge in [-0.2, -0.15) is 0 Å². The van der Waals surface area contributed by atoms with E-state index < -0.39 is 9.84 Å². The van der Waals surface area contributed by atoms with E-state index in [1.165, 1.54) is 0 Å². The first kappa shape index (κ1) is 11.8. The van der Waals surface area contributed by atoms with Gasteiger partial charge in [-0.15, -0.1) is 0 Å². The number of hydrogen-bond donors (Lipinski definition) is 2. The van der Waals surface area contributed by atoms with Gasteiger partial charge in [0.1, 0.15) is 0 Å². The first-order valence-electron chi connectivity index (χ1n) is 5.35. The third-order valence-electron chi connectivity index (χ3n) is 3.11. The van der Waals surface area contributed by atoms with Crippen molar-refractivity contribution in [3.8, 4) is 0 Å². The Kier molecular flexibility index (Phi) is 3.18. The van der Waals surface area contributed by atoms with Crippen molar-refractivity contribution in [2.24, 2.45) is 0 Å². The smallest absolute Gasteiger partial charge is 0.234 e. The topological polar surface area (TPSA) is 86.7 Å². The molecule has 0 saturated carbocycles. The van der Waals surface area contributed by atoms with Crippen LogP contribution >= 0.6 is 0 Å². The molecule has 2 aliphatic rings. The number of rotatable bonds is 2. The summed E-state index contributed by atoms with van der Waals surface area (Å²) in [6, 6.07) is -0.338. The summed E-state index contributed by atoms with van der Waals surface area (Å²) in [6.45, 7) is 0.654. The number of aliphatic hydroxyl groups is 1. The second kappa shape index (κ2) is 4.31. The summed E-state index contributed by atoms with van der Waals surface area (Å²) >= 11 is 0. The molecule has 2 saturated heterocycles. The van der Waals surface area contributed by atoms with Crippen molar-refractivity contribution < 1.29 is 18.3 Å². The summed E-state index contributed by atoms with van der Waals surface area (Å²) in [7, 11) is -2.92. The van der Waals surface area contributed by atoms with Crippen molar-refractivity contribution >= 4 is 15.7 Å². The molecule has 2 heterocycles. The van der Waals surface area contributed by atoms with E-state index in [9.17, 15) is 13.2 Å². The number of hydrogen-bond acceptors (Lipinski definition) is 5. The minimum atomic E-state index is -2.92. The molecule has 0 aliphatic carbocycles. The maximum absolute atomic E-state index is 11.3. The number of nitrogens with one attached hydrogen (secondary N) is 1. The van der Waals surface area contributed by atoms with Crippen LogP contribution in [0.25, 0.3) is 0 Å². The molecule has 92 valence electrons. The number of piperazine rings is 1. The Morgan fingerprint density at radius 1 is 1.50 bits per heavy atom. The first-order valence-corrected chi connectivity index (χ1v) is 7.17. The van der Waals surface area contributed by atoms with Crippen LogP contribution in [0.4, 0.5) is 0 Å². The van der Waals surface area contributed by atoms with Crippen molar-refractivity contribution in [1.29, 1.82) is 0 Å². The fourth-order valence-electron chi connectivity index (χ4n) is 2.30. The molecule has 0 radical (unpaired) electrons. The summed E-state index contributed by atoms with van der Waals surface area (Å²) in [5.41, 5.74) is 0. The monoisotopic (exact) mass is 248 g/mol.